The van der Waals surface area contributed by atoms with Crippen molar-refractivity contribution in [2.75, 3.05) is 39.2 Å². The summed E-state index contributed by atoms with van der Waals surface area (Å²) >= 11 is 0. The average Bonchev–Trinajstić information content (AvgIpc) is 2.79. The van der Waals surface area contributed by atoms with Gasteiger partial charge in [-0.15, -0.1) is 0 Å². The monoisotopic (exact) mass is 254 g/mol. The highest BCUT2D eigenvalue weighted by molar-refractivity contribution is 5.25. The molecule has 5 heteroatoms. The molecule has 0 radical (unpaired) electrons. The van der Waals surface area contributed by atoms with Crippen LogP contribution in [0, 0.1) is 0 Å². The summed E-state index contributed by atoms with van der Waals surface area (Å²) in [6.45, 7) is 7.65. The zero-order chi connectivity index (χ0) is 13.4. The summed E-state index contributed by atoms with van der Waals surface area (Å²) in [6, 6.07) is 0.485. The van der Waals surface area contributed by atoms with Gasteiger partial charge in [0.2, 0.25) is 5.95 Å². The predicted molar refractivity (Wildman–Crippen MR) is 75.0 cm³/mol. The van der Waals surface area contributed by atoms with Gasteiger partial charge < -0.3 is 19.5 Å². The molecule has 1 rings (SSSR count). The molecule has 1 atom stereocenters. The van der Waals surface area contributed by atoms with E-state index in [0.717, 1.165) is 38.7 Å². The van der Waals surface area contributed by atoms with Gasteiger partial charge in [-0.05, 0) is 34.4 Å². The van der Waals surface area contributed by atoms with Crippen LogP contribution in [-0.2, 0) is 11.3 Å². The second kappa shape index (κ2) is 8.11. The van der Waals surface area contributed by atoms with Crippen LogP contribution in [0.3, 0.4) is 0 Å². The van der Waals surface area contributed by atoms with Gasteiger partial charge in [0, 0.05) is 44.7 Å². The Hall–Kier alpha value is -1.07. The molecule has 1 aromatic rings. The Bertz CT molecular complexity index is 325. The fourth-order valence-electron chi connectivity index (χ4n) is 1.56. The Morgan fingerprint density at radius 1 is 1.50 bits per heavy atom. The summed E-state index contributed by atoms with van der Waals surface area (Å²) in [5, 5.41) is 3.38. The quantitative estimate of drug-likeness (QED) is 0.681. The summed E-state index contributed by atoms with van der Waals surface area (Å²) in [4.78, 5) is 6.53. The fraction of sp³-hybridized carbons (Fsp3) is 0.769. The lowest BCUT2D eigenvalue weighted by Crippen LogP contribution is -2.32. The second-order valence-electron chi connectivity index (χ2n) is 4.69. The molecule has 5 nitrogen and oxygen atoms in total. The van der Waals surface area contributed by atoms with Crippen molar-refractivity contribution >= 4 is 5.95 Å². The molecule has 0 fully saturated rings. The lowest BCUT2D eigenvalue weighted by atomic mass is 10.3. The van der Waals surface area contributed by atoms with Gasteiger partial charge in [-0.1, -0.05) is 0 Å². The number of imidazole rings is 1. The van der Waals surface area contributed by atoms with Crippen molar-refractivity contribution in [3.8, 4) is 0 Å². The summed E-state index contributed by atoms with van der Waals surface area (Å²) in [7, 11) is 4.17. The van der Waals surface area contributed by atoms with Crippen molar-refractivity contribution < 1.29 is 4.74 Å². The molecule has 0 saturated carbocycles. The first-order valence-corrected chi connectivity index (χ1v) is 6.64. The Balaban J connectivity index is 2.35. The molecule has 0 saturated heterocycles. The molecule has 1 aromatic heterocycles. The first-order valence-electron chi connectivity index (χ1n) is 6.64. The second-order valence-corrected chi connectivity index (χ2v) is 4.69. The van der Waals surface area contributed by atoms with Gasteiger partial charge in [-0.3, -0.25) is 0 Å². The molecule has 0 amide bonds. The van der Waals surface area contributed by atoms with E-state index in [9.17, 15) is 0 Å². The predicted octanol–water partition coefficient (Wildman–Crippen LogP) is 1.67. The van der Waals surface area contributed by atoms with Crippen LogP contribution in [0.25, 0.3) is 0 Å². The molecule has 18 heavy (non-hydrogen) atoms. The topological polar surface area (TPSA) is 42.3 Å². The third kappa shape index (κ3) is 5.06. The third-order valence-corrected chi connectivity index (χ3v) is 3.04. The number of rotatable bonds is 9. The number of nitrogens with one attached hydrogen (secondary N) is 1. The van der Waals surface area contributed by atoms with Crippen molar-refractivity contribution in [2.24, 2.45) is 0 Å². The van der Waals surface area contributed by atoms with Gasteiger partial charge in [0.25, 0.3) is 0 Å². The molecule has 0 aliphatic rings. The normalized spacial score (nSPS) is 12.9. The lowest BCUT2D eigenvalue weighted by Gasteiger charge is -2.20. The average molecular weight is 254 g/mol. The Labute approximate surface area is 110 Å². The number of hydrogen-bond donors (Lipinski definition) is 1. The molecule has 0 aromatic carbocycles. The third-order valence-electron chi connectivity index (χ3n) is 3.04. The molecule has 1 heterocycles. The highest BCUT2D eigenvalue weighted by Gasteiger charge is 2.06. The van der Waals surface area contributed by atoms with E-state index in [0.29, 0.717) is 6.04 Å². The lowest BCUT2D eigenvalue weighted by molar-refractivity contribution is 0.142. The van der Waals surface area contributed by atoms with E-state index in [1.807, 2.05) is 19.3 Å². The van der Waals surface area contributed by atoms with Crippen molar-refractivity contribution in [3.63, 3.8) is 0 Å². The van der Waals surface area contributed by atoms with Crippen LogP contribution >= 0.6 is 0 Å². The first-order chi connectivity index (χ1) is 8.65. The maximum Gasteiger partial charge on any atom is 0.202 e. The number of anilines is 1. The summed E-state index contributed by atoms with van der Waals surface area (Å²) in [6.07, 6.45) is 4.86. The number of aryl methyl sites for hydroxylation is 1. The zero-order valence-corrected chi connectivity index (χ0v) is 12.0. The summed E-state index contributed by atoms with van der Waals surface area (Å²) < 4.78 is 7.48. The number of nitrogens with zero attached hydrogens (tertiary/aromatic N) is 3. The zero-order valence-electron chi connectivity index (χ0n) is 12.0. The van der Waals surface area contributed by atoms with E-state index < -0.39 is 0 Å². The van der Waals surface area contributed by atoms with Crippen LogP contribution in [0.1, 0.15) is 20.3 Å². The maximum absolute atomic E-state index is 5.34. The molecule has 104 valence electrons. The van der Waals surface area contributed by atoms with Gasteiger partial charge >= 0.3 is 0 Å². The number of likely N-dealkylation sites (N-methyl/N-ethyl adjacent to an activating group) is 1. The minimum absolute atomic E-state index is 0.485. The molecular formula is C13H26N4O. The SMILES string of the molecule is CCOCCCn1ccnc1NCC(C)N(C)C. The van der Waals surface area contributed by atoms with Crippen LogP contribution < -0.4 is 5.32 Å². The Kier molecular flexibility index (Phi) is 6.75. The molecule has 1 unspecified atom stereocenters. The van der Waals surface area contributed by atoms with Crippen LogP contribution in [0.15, 0.2) is 12.4 Å². The van der Waals surface area contributed by atoms with Crippen molar-refractivity contribution in [2.45, 2.75) is 32.9 Å². The van der Waals surface area contributed by atoms with E-state index in [-0.39, 0.29) is 0 Å². The van der Waals surface area contributed by atoms with Crippen LogP contribution in [0.2, 0.25) is 0 Å². The number of ether oxygens (including phenoxy) is 1. The van der Waals surface area contributed by atoms with Crippen molar-refractivity contribution in [3.05, 3.63) is 12.4 Å². The van der Waals surface area contributed by atoms with Crippen LogP contribution in [0.4, 0.5) is 5.95 Å². The maximum atomic E-state index is 5.34. The summed E-state index contributed by atoms with van der Waals surface area (Å²) in [5.74, 6) is 0.945. The van der Waals surface area contributed by atoms with Gasteiger partial charge in [-0.2, -0.15) is 0 Å². The van der Waals surface area contributed by atoms with E-state index >= 15 is 0 Å². The number of aromatic nitrogens is 2. The molecule has 0 bridgehead atoms. The van der Waals surface area contributed by atoms with Crippen molar-refractivity contribution in [1.82, 2.24) is 14.5 Å². The van der Waals surface area contributed by atoms with Gasteiger partial charge in [0.1, 0.15) is 0 Å². The highest BCUT2D eigenvalue weighted by atomic mass is 16.5. The van der Waals surface area contributed by atoms with E-state index in [1.54, 1.807) is 0 Å². The molecular weight excluding hydrogens is 228 g/mol. The van der Waals surface area contributed by atoms with Crippen molar-refractivity contribution in [1.29, 1.82) is 0 Å². The molecule has 0 aliphatic heterocycles. The van der Waals surface area contributed by atoms with Crippen LogP contribution in [-0.4, -0.2) is 54.3 Å². The highest BCUT2D eigenvalue weighted by Crippen LogP contribution is 2.06. The fourth-order valence-corrected chi connectivity index (χ4v) is 1.56. The van der Waals surface area contributed by atoms with E-state index in [2.05, 4.69) is 40.8 Å². The summed E-state index contributed by atoms with van der Waals surface area (Å²) in [5.41, 5.74) is 0. The Morgan fingerprint density at radius 2 is 2.28 bits per heavy atom. The standard InChI is InChI=1S/C13H26N4O/c1-5-18-10-6-8-17-9-7-14-13(17)15-11-12(2)16(3)4/h7,9,12H,5-6,8,10-11H2,1-4H3,(H,14,15). The Morgan fingerprint density at radius 3 is 2.94 bits per heavy atom. The van der Waals surface area contributed by atoms with E-state index in [1.165, 1.54) is 0 Å². The number of hydrogen-bond acceptors (Lipinski definition) is 4. The van der Waals surface area contributed by atoms with Gasteiger partial charge in [0.15, 0.2) is 0 Å². The smallest absolute Gasteiger partial charge is 0.202 e. The largest absolute Gasteiger partial charge is 0.382 e. The molecule has 1 N–H and O–H groups in total. The van der Waals surface area contributed by atoms with Gasteiger partial charge in [0.05, 0.1) is 0 Å². The minimum atomic E-state index is 0.485. The molecule has 0 aliphatic carbocycles. The van der Waals surface area contributed by atoms with Gasteiger partial charge in [-0.25, -0.2) is 4.98 Å². The van der Waals surface area contributed by atoms with Crippen LogP contribution in [0.5, 0.6) is 0 Å². The minimum Gasteiger partial charge on any atom is -0.382 e. The molecule has 0 spiro atoms. The first kappa shape index (κ1) is 15.0. The van der Waals surface area contributed by atoms with E-state index in [4.69, 9.17) is 4.74 Å².